The second-order valence-corrected chi connectivity index (χ2v) is 4.35. The summed E-state index contributed by atoms with van der Waals surface area (Å²) < 4.78 is 14.9. The first-order valence-corrected chi connectivity index (χ1v) is 5.67. The number of ether oxygens (including phenoxy) is 2. The minimum atomic E-state index is -0.436. The van der Waals surface area contributed by atoms with Gasteiger partial charge in [-0.1, -0.05) is 11.8 Å². The number of esters is 1. The van der Waals surface area contributed by atoms with E-state index in [2.05, 4.69) is 4.74 Å². The maximum absolute atomic E-state index is 11.1. The van der Waals surface area contributed by atoms with E-state index in [9.17, 15) is 4.79 Å². The topological polar surface area (TPSA) is 48.7 Å². The number of carbonyl (C=O) groups is 1. The Morgan fingerprint density at radius 1 is 1.60 bits per heavy atom. The number of thioether (sulfide) groups is 1. The fourth-order valence-corrected chi connectivity index (χ4v) is 2.09. The van der Waals surface area contributed by atoms with Gasteiger partial charge in [0, 0.05) is 11.7 Å². The molecule has 2 rings (SSSR count). The van der Waals surface area contributed by atoms with Crippen LogP contribution in [0.3, 0.4) is 0 Å². The lowest BCUT2D eigenvalue weighted by atomic mass is 10.1. The Bertz CT molecular complexity index is 343. The molecule has 0 amide bonds. The highest BCUT2D eigenvalue weighted by Crippen LogP contribution is 2.26. The van der Waals surface area contributed by atoms with E-state index in [4.69, 9.17) is 9.15 Å². The van der Waals surface area contributed by atoms with Gasteiger partial charge in [-0.2, -0.15) is 0 Å². The third-order valence-electron chi connectivity index (χ3n) is 2.14. The fraction of sp³-hybridized carbons (Fsp3) is 0.500. The zero-order valence-corrected chi connectivity index (χ0v) is 9.21. The number of furan rings is 1. The van der Waals surface area contributed by atoms with Crippen LogP contribution in [0, 0.1) is 5.92 Å². The molecule has 1 aromatic heterocycles. The predicted molar refractivity (Wildman–Crippen MR) is 55.1 cm³/mol. The number of hydrogen-bond acceptors (Lipinski definition) is 5. The van der Waals surface area contributed by atoms with Crippen LogP contribution in [0.4, 0.5) is 0 Å². The van der Waals surface area contributed by atoms with Crippen LogP contribution in [0.25, 0.3) is 0 Å². The molecule has 1 aromatic rings. The summed E-state index contributed by atoms with van der Waals surface area (Å²) in [6.07, 6.45) is 0. The van der Waals surface area contributed by atoms with E-state index < -0.39 is 5.97 Å². The summed E-state index contributed by atoms with van der Waals surface area (Å²) in [5.74, 6) is 1.40. The molecular formula is C10H12O4S. The highest BCUT2D eigenvalue weighted by Gasteiger charge is 2.19. The van der Waals surface area contributed by atoms with Gasteiger partial charge in [-0.05, 0) is 12.1 Å². The van der Waals surface area contributed by atoms with E-state index >= 15 is 0 Å². The van der Waals surface area contributed by atoms with Crippen molar-refractivity contribution >= 4 is 17.7 Å². The molecule has 0 atom stereocenters. The summed E-state index contributed by atoms with van der Waals surface area (Å²) in [5, 5.41) is 0.752. The van der Waals surface area contributed by atoms with Gasteiger partial charge in [-0.15, -0.1) is 0 Å². The van der Waals surface area contributed by atoms with Crippen molar-refractivity contribution < 1.29 is 18.7 Å². The second-order valence-electron chi connectivity index (χ2n) is 3.32. The summed E-state index contributed by atoms with van der Waals surface area (Å²) in [6, 6.07) is 3.42. The van der Waals surface area contributed by atoms with E-state index in [1.807, 2.05) is 0 Å². The molecule has 0 aromatic carbocycles. The minimum Gasteiger partial charge on any atom is -0.463 e. The second kappa shape index (κ2) is 4.72. The van der Waals surface area contributed by atoms with E-state index in [1.54, 1.807) is 23.9 Å². The van der Waals surface area contributed by atoms with Crippen molar-refractivity contribution in [2.45, 2.75) is 5.09 Å². The summed E-state index contributed by atoms with van der Waals surface area (Å²) in [7, 11) is 1.34. The summed E-state index contributed by atoms with van der Waals surface area (Å²) in [5.41, 5.74) is 0. The SMILES string of the molecule is COC(=O)c1ccc(SCC2COC2)o1. The van der Waals surface area contributed by atoms with Crippen LogP contribution >= 0.6 is 11.8 Å². The number of methoxy groups -OCH3 is 1. The molecule has 4 nitrogen and oxygen atoms in total. The van der Waals surface area contributed by atoms with Gasteiger partial charge in [0.05, 0.1) is 20.3 Å². The third kappa shape index (κ3) is 2.54. The standard InChI is InChI=1S/C10H12O4S/c1-12-10(11)8-2-3-9(14-8)15-6-7-4-13-5-7/h2-3,7H,4-6H2,1H3. The lowest BCUT2D eigenvalue weighted by molar-refractivity contribution is -0.0197. The smallest absolute Gasteiger partial charge is 0.373 e. The van der Waals surface area contributed by atoms with Crippen molar-refractivity contribution in [1.82, 2.24) is 0 Å². The fourth-order valence-electron chi connectivity index (χ4n) is 1.19. The van der Waals surface area contributed by atoms with Gasteiger partial charge >= 0.3 is 5.97 Å². The Morgan fingerprint density at radius 2 is 2.40 bits per heavy atom. The zero-order chi connectivity index (χ0) is 10.7. The molecule has 5 heteroatoms. The molecule has 1 aliphatic heterocycles. The largest absolute Gasteiger partial charge is 0.463 e. The number of hydrogen-bond donors (Lipinski definition) is 0. The molecule has 15 heavy (non-hydrogen) atoms. The van der Waals surface area contributed by atoms with Crippen LogP contribution in [-0.2, 0) is 9.47 Å². The third-order valence-corrected chi connectivity index (χ3v) is 3.28. The Hall–Kier alpha value is -0.940. The van der Waals surface area contributed by atoms with E-state index in [1.165, 1.54) is 7.11 Å². The number of rotatable bonds is 4. The predicted octanol–water partition coefficient (Wildman–Crippen LogP) is 1.80. The maximum Gasteiger partial charge on any atom is 0.373 e. The first-order chi connectivity index (χ1) is 7.29. The summed E-state index contributed by atoms with van der Waals surface area (Å²) >= 11 is 1.60. The Labute approximate surface area is 91.9 Å². The Kier molecular flexibility index (Phi) is 3.33. The van der Waals surface area contributed by atoms with Crippen molar-refractivity contribution in [2.24, 2.45) is 5.92 Å². The molecule has 82 valence electrons. The first-order valence-electron chi connectivity index (χ1n) is 4.68. The zero-order valence-electron chi connectivity index (χ0n) is 8.39. The van der Waals surface area contributed by atoms with E-state index in [-0.39, 0.29) is 5.76 Å². The maximum atomic E-state index is 11.1. The van der Waals surface area contributed by atoms with Gasteiger partial charge in [0.2, 0.25) is 5.76 Å². The molecular weight excluding hydrogens is 216 g/mol. The molecule has 0 aliphatic carbocycles. The van der Waals surface area contributed by atoms with Crippen molar-refractivity contribution in [1.29, 1.82) is 0 Å². The van der Waals surface area contributed by atoms with E-state index in [0.717, 1.165) is 24.1 Å². The molecule has 0 bridgehead atoms. The Balaban J connectivity index is 1.86. The highest BCUT2D eigenvalue weighted by atomic mass is 32.2. The molecule has 0 radical (unpaired) electrons. The molecule has 2 heterocycles. The van der Waals surface area contributed by atoms with Crippen LogP contribution in [0.5, 0.6) is 0 Å². The average molecular weight is 228 g/mol. The molecule has 0 N–H and O–H groups in total. The van der Waals surface area contributed by atoms with Gasteiger partial charge in [-0.25, -0.2) is 4.79 Å². The van der Waals surface area contributed by atoms with Crippen molar-refractivity contribution in [3.63, 3.8) is 0 Å². The first kappa shape index (κ1) is 10.6. The van der Waals surface area contributed by atoms with Crippen LogP contribution in [0.1, 0.15) is 10.6 Å². The molecule has 1 aliphatic rings. The lowest BCUT2D eigenvalue weighted by Crippen LogP contribution is -2.29. The van der Waals surface area contributed by atoms with Crippen molar-refractivity contribution in [2.75, 3.05) is 26.1 Å². The van der Waals surface area contributed by atoms with Crippen molar-refractivity contribution in [3.8, 4) is 0 Å². The van der Waals surface area contributed by atoms with Crippen LogP contribution in [-0.4, -0.2) is 32.0 Å². The van der Waals surface area contributed by atoms with Crippen LogP contribution < -0.4 is 0 Å². The minimum absolute atomic E-state index is 0.254. The summed E-state index contributed by atoms with van der Waals surface area (Å²) in [6.45, 7) is 1.66. The van der Waals surface area contributed by atoms with Gasteiger partial charge in [0.1, 0.15) is 0 Å². The van der Waals surface area contributed by atoms with Gasteiger partial charge < -0.3 is 13.9 Å². The summed E-state index contributed by atoms with van der Waals surface area (Å²) in [4.78, 5) is 11.1. The molecule has 1 fully saturated rings. The molecule has 0 unspecified atom stereocenters. The van der Waals surface area contributed by atoms with E-state index in [0.29, 0.717) is 5.92 Å². The van der Waals surface area contributed by atoms with Gasteiger partial charge in [0.25, 0.3) is 0 Å². The lowest BCUT2D eigenvalue weighted by Gasteiger charge is -2.24. The Morgan fingerprint density at radius 3 is 3.00 bits per heavy atom. The van der Waals surface area contributed by atoms with Crippen LogP contribution in [0.15, 0.2) is 21.6 Å². The van der Waals surface area contributed by atoms with Crippen molar-refractivity contribution in [3.05, 3.63) is 17.9 Å². The van der Waals surface area contributed by atoms with Gasteiger partial charge in [0.15, 0.2) is 5.09 Å². The molecule has 1 saturated heterocycles. The average Bonchev–Trinajstić information content (AvgIpc) is 2.63. The number of carbonyl (C=O) groups excluding carboxylic acids is 1. The monoisotopic (exact) mass is 228 g/mol. The highest BCUT2D eigenvalue weighted by molar-refractivity contribution is 7.99. The van der Waals surface area contributed by atoms with Crippen LogP contribution in [0.2, 0.25) is 0 Å². The normalized spacial score (nSPS) is 16.1. The molecule has 0 saturated carbocycles. The quantitative estimate of drug-likeness (QED) is 0.581. The molecule has 0 spiro atoms. The van der Waals surface area contributed by atoms with Gasteiger partial charge in [-0.3, -0.25) is 0 Å².